The van der Waals surface area contributed by atoms with E-state index in [9.17, 15) is 24.5 Å². The van der Waals surface area contributed by atoms with E-state index in [-0.39, 0.29) is 26.3 Å². The van der Waals surface area contributed by atoms with Gasteiger partial charge in [-0.3, -0.25) is 28.8 Å². The molecule has 10 nitrogen and oxygen atoms in total. The standard InChI is InChI=1S/C16H11N5O5S/c1-18-12-11(14(23)19(2)16(18)24)20-13(22)10(27-15(20)17-12)7-8-4-3-5-9(6-8)21(25)26/h3-7H,1-2H3/b10-7+. The Morgan fingerprint density at radius 2 is 1.89 bits per heavy atom. The molecule has 0 spiro atoms. The third-order valence-corrected chi connectivity index (χ3v) is 5.19. The van der Waals surface area contributed by atoms with Gasteiger partial charge in [-0.1, -0.05) is 23.5 Å². The van der Waals surface area contributed by atoms with Crippen molar-refractivity contribution in [2.45, 2.75) is 0 Å². The average Bonchev–Trinajstić information content (AvgIpc) is 3.16. The summed E-state index contributed by atoms with van der Waals surface area (Å²) in [6.45, 7) is 0. The fourth-order valence-electron chi connectivity index (χ4n) is 2.86. The van der Waals surface area contributed by atoms with E-state index in [0.29, 0.717) is 5.56 Å². The van der Waals surface area contributed by atoms with Crippen molar-refractivity contribution in [2.75, 3.05) is 0 Å². The van der Waals surface area contributed by atoms with Crippen LogP contribution in [-0.2, 0) is 14.1 Å². The number of hydrogen-bond donors (Lipinski definition) is 0. The maximum absolute atomic E-state index is 12.8. The molecule has 1 aromatic carbocycles. The molecule has 0 bridgehead atoms. The Morgan fingerprint density at radius 1 is 1.15 bits per heavy atom. The highest BCUT2D eigenvalue weighted by atomic mass is 32.1. The van der Waals surface area contributed by atoms with E-state index >= 15 is 0 Å². The molecule has 0 aliphatic carbocycles. The number of aryl methyl sites for hydroxylation is 1. The first kappa shape index (κ1) is 16.8. The molecule has 0 atom stereocenters. The second-order valence-corrected chi connectivity index (χ2v) is 6.88. The van der Waals surface area contributed by atoms with Gasteiger partial charge in [0.25, 0.3) is 16.8 Å². The summed E-state index contributed by atoms with van der Waals surface area (Å²) in [4.78, 5) is 52.2. The minimum Gasteiger partial charge on any atom is -0.279 e. The normalized spacial score (nSPS) is 12.3. The van der Waals surface area contributed by atoms with Gasteiger partial charge in [-0.25, -0.2) is 9.20 Å². The molecule has 0 amide bonds. The van der Waals surface area contributed by atoms with E-state index in [1.165, 1.54) is 47.3 Å². The van der Waals surface area contributed by atoms with Crippen molar-refractivity contribution in [3.63, 3.8) is 0 Å². The summed E-state index contributed by atoms with van der Waals surface area (Å²) < 4.78 is 3.57. The molecule has 27 heavy (non-hydrogen) atoms. The molecule has 11 heteroatoms. The number of imidazole rings is 1. The average molecular weight is 385 g/mol. The van der Waals surface area contributed by atoms with Crippen LogP contribution in [0.4, 0.5) is 5.69 Å². The number of non-ortho nitro benzene ring substituents is 1. The molecule has 0 N–H and O–H groups in total. The lowest BCUT2D eigenvalue weighted by Crippen LogP contribution is -2.38. The Labute approximate surface area is 153 Å². The molecule has 0 unspecified atom stereocenters. The number of nitrogens with zero attached hydrogens (tertiary/aromatic N) is 5. The molecule has 0 fully saturated rings. The first-order valence-electron chi connectivity index (χ1n) is 7.66. The van der Waals surface area contributed by atoms with E-state index in [2.05, 4.69) is 4.98 Å². The molecular formula is C16H11N5O5S. The number of rotatable bonds is 2. The largest absolute Gasteiger partial charge is 0.332 e. The van der Waals surface area contributed by atoms with Crippen molar-refractivity contribution < 1.29 is 4.92 Å². The van der Waals surface area contributed by atoms with Gasteiger partial charge in [0.15, 0.2) is 16.1 Å². The smallest absolute Gasteiger partial charge is 0.279 e. The van der Waals surface area contributed by atoms with Crippen LogP contribution in [0.2, 0.25) is 0 Å². The molecule has 0 saturated heterocycles. The van der Waals surface area contributed by atoms with Crippen LogP contribution >= 0.6 is 11.3 Å². The second kappa shape index (κ2) is 5.71. The van der Waals surface area contributed by atoms with Crippen LogP contribution in [0.3, 0.4) is 0 Å². The lowest BCUT2D eigenvalue weighted by Gasteiger charge is -2.01. The van der Waals surface area contributed by atoms with Crippen LogP contribution in [0.25, 0.3) is 22.2 Å². The third-order valence-electron chi connectivity index (χ3n) is 4.22. The Kier molecular flexibility index (Phi) is 3.56. The van der Waals surface area contributed by atoms with Crippen LogP contribution in [0, 0.1) is 10.1 Å². The van der Waals surface area contributed by atoms with Gasteiger partial charge in [0.05, 0.1) is 9.46 Å². The Bertz CT molecular complexity index is 1490. The van der Waals surface area contributed by atoms with Crippen molar-refractivity contribution in [1.29, 1.82) is 0 Å². The summed E-state index contributed by atoms with van der Waals surface area (Å²) in [7, 11) is 2.80. The lowest BCUT2D eigenvalue weighted by molar-refractivity contribution is -0.384. The molecule has 0 aliphatic rings. The zero-order valence-electron chi connectivity index (χ0n) is 14.1. The van der Waals surface area contributed by atoms with Gasteiger partial charge in [-0.2, -0.15) is 4.98 Å². The lowest BCUT2D eigenvalue weighted by atomic mass is 10.2. The fraction of sp³-hybridized carbons (Fsp3) is 0.125. The highest BCUT2D eigenvalue weighted by molar-refractivity contribution is 7.15. The molecule has 4 rings (SSSR count). The van der Waals surface area contributed by atoms with E-state index < -0.39 is 21.7 Å². The van der Waals surface area contributed by atoms with E-state index in [0.717, 1.165) is 15.9 Å². The number of nitro groups is 1. The van der Waals surface area contributed by atoms with Crippen LogP contribution < -0.4 is 21.3 Å². The zero-order chi connectivity index (χ0) is 19.5. The van der Waals surface area contributed by atoms with Crippen LogP contribution in [0.15, 0.2) is 38.6 Å². The first-order chi connectivity index (χ1) is 12.8. The molecule has 3 heterocycles. The molecule has 136 valence electrons. The SMILES string of the molecule is Cn1c(=O)c2c(nc3s/c(=C/c4cccc([N+](=O)[O-])c4)c(=O)n32)n(C)c1=O. The predicted molar refractivity (Wildman–Crippen MR) is 99.2 cm³/mol. The van der Waals surface area contributed by atoms with Gasteiger partial charge in [-0.15, -0.1) is 0 Å². The Balaban J connectivity index is 2.06. The molecule has 4 aromatic rings. The minimum absolute atomic E-state index is 0.0227. The van der Waals surface area contributed by atoms with Gasteiger partial charge in [-0.05, 0) is 11.6 Å². The molecule has 0 radical (unpaired) electrons. The van der Waals surface area contributed by atoms with Gasteiger partial charge in [0.1, 0.15) is 0 Å². The van der Waals surface area contributed by atoms with Crippen molar-refractivity contribution in [2.24, 2.45) is 14.1 Å². The van der Waals surface area contributed by atoms with Gasteiger partial charge in [0.2, 0.25) is 0 Å². The van der Waals surface area contributed by atoms with Crippen molar-refractivity contribution in [1.82, 2.24) is 18.5 Å². The van der Waals surface area contributed by atoms with Crippen LogP contribution in [-0.4, -0.2) is 23.4 Å². The summed E-state index contributed by atoms with van der Waals surface area (Å²) in [5.41, 5.74) is -1.07. The molecular weight excluding hydrogens is 374 g/mol. The summed E-state index contributed by atoms with van der Waals surface area (Å²) in [5.74, 6) is 0. The summed E-state index contributed by atoms with van der Waals surface area (Å²) >= 11 is 1.04. The Morgan fingerprint density at radius 3 is 2.59 bits per heavy atom. The molecule has 0 saturated carbocycles. The number of thiazole rings is 1. The zero-order valence-corrected chi connectivity index (χ0v) is 14.9. The van der Waals surface area contributed by atoms with Crippen LogP contribution in [0.5, 0.6) is 0 Å². The van der Waals surface area contributed by atoms with Crippen LogP contribution in [0.1, 0.15) is 5.56 Å². The van der Waals surface area contributed by atoms with Crippen molar-refractivity contribution >= 4 is 39.2 Å². The third kappa shape index (κ3) is 2.39. The second-order valence-electron chi connectivity index (χ2n) is 5.88. The number of fused-ring (bicyclic) bond motifs is 3. The number of hydrogen-bond acceptors (Lipinski definition) is 7. The maximum atomic E-state index is 12.8. The van der Waals surface area contributed by atoms with E-state index in [1.807, 2.05) is 0 Å². The molecule has 3 aromatic heterocycles. The monoisotopic (exact) mass is 385 g/mol. The predicted octanol–water partition coefficient (Wildman–Crippen LogP) is -0.238. The summed E-state index contributed by atoms with van der Waals surface area (Å²) in [6, 6.07) is 5.86. The quantitative estimate of drug-likeness (QED) is 0.347. The van der Waals surface area contributed by atoms with Gasteiger partial charge < -0.3 is 0 Å². The molecule has 0 aliphatic heterocycles. The topological polar surface area (TPSA) is 122 Å². The number of aromatic nitrogens is 4. The number of nitro benzene ring substituents is 1. The maximum Gasteiger partial charge on any atom is 0.332 e. The van der Waals surface area contributed by atoms with Crippen molar-refractivity contribution in [3.8, 4) is 0 Å². The highest BCUT2D eigenvalue weighted by Gasteiger charge is 2.18. The number of benzene rings is 1. The summed E-state index contributed by atoms with van der Waals surface area (Å²) in [5, 5.41) is 10.9. The Hall–Kier alpha value is -3.60. The van der Waals surface area contributed by atoms with E-state index in [1.54, 1.807) is 6.07 Å². The fourth-order valence-corrected chi connectivity index (χ4v) is 3.82. The van der Waals surface area contributed by atoms with E-state index in [4.69, 9.17) is 0 Å². The first-order valence-corrected chi connectivity index (χ1v) is 8.48. The van der Waals surface area contributed by atoms with Gasteiger partial charge in [0, 0.05) is 26.2 Å². The minimum atomic E-state index is -0.614. The summed E-state index contributed by atoms with van der Waals surface area (Å²) in [6.07, 6.45) is 1.51. The van der Waals surface area contributed by atoms with Gasteiger partial charge >= 0.3 is 5.69 Å². The highest BCUT2D eigenvalue weighted by Crippen LogP contribution is 2.14. The van der Waals surface area contributed by atoms with Crippen molar-refractivity contribution in [3.05, 3.63) is 75.7 Å².